The second-order valence-corrected chi connectivity index (χ2v) is 6.27. The Kier molecular flexibility index (Phi) is 5.20. The second-order valence-electron chi connectivity index (χ2n) is 5.49. The Labute approximate surface area is 149 Å². The fourth-order valence-corrected chi connectivity index (χ4v) is 3.01. The van der Waals surface area contributed by atoms with Gasteiger partial charge < -0.3 is 10.2 Å². The number of hydrogen-bond donors (Lipinski definition) is 1. The zero-order chi connectivity index (χ0) is 17.6. The van der Waals surface area contributed by atoms with Crippen LogP contribution < -0.4 is 5.32 Å². The molecule has 0 saturated carbocycles. The van der Waals surface area contributed by atoms with Crippen LogP contribution in [-0.4, -0.2) is 28.7 Å². The zero-order valence-electron chi connectivity index (χ0n) is 13.7. The normalized spacial score (nSPS) is 10.3. The number of nitrogens with one attached hydrogen (secondary N) is 1. The number of aromatic nitrogens is 1. The Morgan fingerprint density at radius 1 is 1.12 bits per heavy atom. The molecule has 0 spiro atoms. The van der Waals surface area contributed by atoms with Crippen LogP contribution in [0.3, 0.4) is 0 Å². The molecule has 0 radical (unpaired) electrons. The van der Waals surface area contributed by atoms with Gasteiger partial charge in [-0.25, -0.2) is 0 Å². The Morgan fingerprint density at radius 3 is 2.64 bits per heavy atom. The van der Waals surface area contributed by atoms with Crippen LogP contribution in [0.15, 0.2) is 65.5 Å². The molecule has 2 heterocycles. The third kappa shape index (κ3) is 4.10. The van der Waals surface area contributed by atoms with E-state index in [-0.39, 0.29) is 11.8 Å². The summed E-state index contributed by atoms with van der Waals surface area (Å²) in [5, 5.41) is 6.43. The first-order valence-corrected chi connectivity index (χ1v) is 8.67. The highest BCUT2D eigenvalue weighted by Gasteiger charge is 2.18. The average Bonchev–Trinajstić information content (AvgIpc) is 3.17. The second kappa shape index (κ2) is 7.72. The first-order valence-electron chi connectivity index (χ1n) is 7.73. The van der Waals surface area contributed by atoms with Crippen molar-refractivity contribution in [2.75, 3.05) is 12.4 Å². The Morgan fingerprint density at radius 2 is 1.92 bits per heavy atom. The van der Waals surface area contributed by atoms with E-state index in [0.717, 1.165) is 5.69 Å². The first kappa shape index (κ1) is 16.9. The molecule has 0 aliphatic carbocycles. The maximum absolute atomic E-state index is 12.8. The van der Waals surface area contributed by atoms with Crippen LogP contribution >= 0.6 is 11.3 Å². The summed E-state index contributed by atoms with van der Waals surface area (Å²) in [6, 6.07) is 14.3. The van der Waals surface area contributed by atoms with Crippen molar-refractivity contribution in [1.82, 2.24) is 9.88 Å². The average molecular weight is 351 g/mol. The summed E-state index contributed by atoms with van der Waals surface area (Å²) >= 11 is 1.45. The summed E-state index contributed by atoms with van der Waals surface area (Å²) in [5.74, 6) is -0.402. The van der Waals surface area contributed by atoms with Gasteiger partial charge in [0.05, 0.1) is 29.1 Å². The number of pyridine rings is 1. The monoisotopic (exact) mass is 351 g/mol. The van der Waals surface area contributed by atoms with Crippen molar-refractivity contribution < 1.29 is 9.59 Å². The summed E-state index contributed by atoms with van der Waals surface area (Å²) in [6.07, 6.45) is 1.70. The predicted molar refractivity (Wildman–Crippen MR) is 98.7 cm³/mol. The highest BCUT2D eigenvalue weighted by Crippen LogP contribution is 2.19. The minimum absolute atomic E-state index is 0.174. The van der Waals surface area contributed by atoms with Gasteiger partial charge in [0.25, 0.3) is 11.8 Å². The molecule has 1 N–H and O–H groups in total. The van der Waals surface area contributed by atoms with Crippen molar-refractivity contribution in [3.8, 4) is 0 Å². The van der Waals surface area contributed by atoms with E-state index >= 15 is 0 Å². The number of anilines is 1. The first-order chi connectivity index (χ1) is 12.1. The van der Waals surface area contributed by atoms with Gasteiger partial charge in [0.15, 0.2) is 0 Å². The van der Waals surface area contributed by atoms with Crippen LogP contribution in [0.2, 0.25) is 0 Å². The standard InChI is InChI=1S/C19H17N3O2S/c1-22(12-15-6-4-5-10-20-15)19(24)16-7-2-3-8-17(16)21-18(23)14-9-11-25-13-14/h2-11,13H,12H2,1H3,(H,21,23). The zero-order valence-corrected chi connectivity index (χ0v) is 14.5. The molecule has 0 aliphatic rings. The molecule has 2 amide bonds. The van der Waals surface area contributed by atoms with Gasteiger partial charge in [-0.15, -0.1) is 0 Å². The number of benzene rings is 1. The van der Waals surface area contributed by atoms with Gasteiger partial charge in [-0.2, -0.15) is 11.3 Å². The SMILES string of the molecule is CN(Cc1ccccn1)C(=O)c1ccccc1NC(=O)c1ccsc1. The summed E-state index contributed by atoms with van der Waals surface area (Å²) in [7, 11) is 1.72. The van der Waals surface area contributed by atoms with Gasteiger partial charge in [-0.05, 0) is 35.7 Å². The van der Waals surface area contributed by atoms with Crippen LogP contribution in [0.5, 0.6) is 0 Å². The van der Waals surface area contributed by atoms with Crippen molar-refractivity contribution in [3.63, 3.8) is 0 Å². The van der Waals surface area contributed by atoms with Crippen molar-refractivity contribution in [2.24, 2.45) is 0 Å². The van der Waals surface area contributed by atoms with E-state index in [1.807, 2.05) is 23.6 Å². The quantitative estimate of drug-likeness (QED) is 0.763. The fourth-order valence-electron chi connectivity index (χ4n) is 2.38. The molecular formula is C19H17N3O2S. The van der Waals surface area contributed by atoms with E-state index in [1.54, 1.807) is 53.9 Å². The van der Waals surface area contributed by atoms with E-state index in [1.165, 1.54) is 11.3 Å². The lowest BCUT2D eigenvalue weighted by Crippen LogP contribution is -2.28. The van der Waals surface area contributed by atoms with E-state index in [2.05, 4.69) is 10.3 Å². The molecule has 0 aliphatic heterocycles. The number of carbonyl (C=O) groups is 2. The summed E-state index contributed by atoms with van der Waals surface area (Å²) in [4.78, 5) is 30.9. The van der Waals surface area contributed by atoms with Crippen molar-refractivity contribution in [2.45, 2.75) is 6.54 Å². The van der Waals surface area contributed by atoms with Crippen LogP contribution in [0.4, 0.5) is 5.69 Å². The molecule has 5 nitrogen and oxygen atoms in total. The van der Waals surface area contributed by atoms with E-state index in [9.17, 15) is 9.59 Å². The van der Waals surface area contributed by atoms with Crippen LogP contribution in [-0.2, 0) is 6.54 Å². The lowest BCUT2D eigenvalue weighted by molar-refractivity contribution is 0.0784. The number of nitrogens with zero attached hydrogens (tertiary/aromatic N) is 2. The number of rotatable bonds is 5. The summed E-state index contributed by atoms with van der Waals surface area (Å²) < 4.78 is 0. The molecule has 1 aromatic carbocycles. The van der Waals surface area contributed by atoms with Crippen molar-refractivity contribution >= 4 is 28.8 Å². The van der Waals surface area contributed by atoms with Crippen LogP contribution in [0, 0.1) is 0 Å². The molecule has 0 atom stereocenters. The molecule has 2 aromatic heterocycles. The molecule has 0 unspecified atom stereocenters. The number of carbonyl (C=O) groups excluding carboxylic acids is 2. The highest BCUT2D eigenvalue weighted by molar-refractivity contribution is 7.08. The lowest BCUT2D eigenvalue weighted by Gasteiger charge is -2.19. The van der Waals surface area contributed by atoms with E-state index in [4.69, 9.17) is 0 Å². The summed E-state index contributed by atoms with van der Waals surface area (Å²) in [6.45, 7) is 0.395. The minimum Gasteiger partial charge on any atom is -0.336 e. The van der Waals surface area contributed by atoms with Crippen molar-refractivity contribution in [1.29, 1.82) is 0 Å². The van der Waals surface area contributed by atoms with Gasteiger partial charge in [-0.3, -0.25) is 14.6 Å². The fraction of sp³-hybridized carbons (Fsp3) is 0.105. The molecule has 0 saturated heterocycles. The van der Waals surface area contributed by atoms with Gasteiger partial charge in [0.1, 0.15) is 0 Å². The molecule has 0 fully saturated rings. The molecule has 6 heteroatoms. The molecular weight excluding hydrogens is 334 g/mol. The Balaban J connectivity index is 1.77. The molecule has 0 bridgehead atoms. The topological polar surface area (TPSA) is 62.3 Å². The third-order valence-electron chi connectivity index (χ3n) is 3.66. The van der Waals surface area contributed by atoms with Gasteiger partial charge in [0, 0.05) is 18.6 Å². The van der Waals surface area contributed by atoms with Crippen molar-refractivity contribution in [3.05, 3.63) is 82.3 Å². The van der Waals surface area contributed by atoms with E-state index in [0.29, 0.717) is 23.4 Å². The molecule has 126 valence electrons. The number of hydrogen-bond acceptors (Lipinski definition) is 4. The third-order valence-corrected chi connectivity index (χ3v) is 4.34. The van der Waals surface area contributed by atoms with Gasteiger partial charge >= 0.3 is 0 Å². The van der Waals surface area contributed by atoms with Gasteiger partial charge in [0.2, 0.25) is 0 Å². The summed E-state index contributed by atoms with van der Waals surface area (Å²) in [5.41, 5.74) is 2.33. The number of amides is 2. The lowest BCUT2D eigenvalue weighted by atomic mass is 10.1. The smallest absolute Gasteiger partial charge is 0.256 e. The minimum atomic E-state index is -0.228. The van der Waals surface area contributed by atoms with E-state index < -0.39 is 0 Å². The van der Waals surface area contributed by atoms with Crippen LogP contribution in [0.25, 0.3) is 0 Å². The Hall–Kier alpha value is -2.99. The largest absolute Gasteiger partial charge is 0.336 e. The number of thiophene rings is 1. The molecule has 3 aromatic rings. The number of para-hydroxylation sites is 1. The predicted octanol–water partition coefficient (Wildman–Crippen LogP) is 3.67. The van der Waals surface area contributed by atoms with Crippen LogP contribution in [0.1, 0.15) is 26.4 Å². The highest BCUT2D eigenvalue weighted by atomic mass is 32.1. The maximum atomic E-state index is 12.8. The van der Waals surface area contributed by atoms with Gasteiger partial charge in [-0.1, -0.05) is 18.2 Å². The molecule has 3 rings (SSSR count). The Bertz CT molecular complexity index is 863. The maximum Gasteiger partial charge on any atom is 0.256 e. The molecule has 25 heavy (non-hydrogen) atoms.